The van der Waals surface area contributed by atoms with Crippen molar-refractivity contribution < 1.29 is 0 Å². The Morgan fingerprint density at radius 3 is 2.39 bits per heavy atom. The molecule has 3 rings (SSSR count). The molecule has 0 aliphatic heterocycles. The molecule has 0 spiro atoms. The van der Waals surface area contributed by atoms with E-state index < -0.39 is 0 Å². The smallest absolute Gasteiger partial charge is 0.155 e. The van der Waals surface area contributed by atoms with Gasteiger partial charge in [0.15, 0.2) is 5.82 Å². The molecule has 18 heavy (non-hydrogen) atoms. The lowest BCUT2D eigenvalue weighted by molar-refractivity contribution is 0.809. The van der Waals surface area contributed by atoms with Crippen molar-refractivity contribution in [3.63, 3.8) is 0 Å². The summed E-state index contributed by atoms with van der Waals surface area (Å²) in [5.74, 6) is 0.521. The van der Waals surface area contributed by atoms with Crippen molar-refractivity contribution in [2.24, 2.45) is 0 Å². The van der Waals surface area contributed by atoms with Crippen molar-refractivity contribution >= 4 is 5.82 Å². The standard InChI is InChI=1S/C13H11N5/c14-13-12(10-4-2-1-3-5-10)16-17-18(13)11-6-8-15-9-7-11/h1-9H,14H2. The zero-order valence-electron chi connectivity index (χ0n) is 9.56. The maximum atomic E-state index is 6.08. The number of pyridine rings is 1. The van der Waals surface area contributed by atoms with E-state index in [0.717, 1.165) is 11.3 Å². The van der Waals surface area contributed by atoms with E-state index in [1.807, 2.05) is 42.5 Å². The van der Waals surface area contributed by atoms with E-state index in [1.54, 1.807) is 17.1 Å². The Morgan fingerprint density at radius 1 is 0.944 bits per heavy atom. The van der Waals surface area contributed by atoms with E-state index in [0.29, 0.717) is 11.5 Å². The molecule has 2 aromatic heterocycles. The highest BCUT2D eigenvalue weighted by atomic mass is 15.5. The van der Waals surface area contributed by atoms with Crippen molar-refractivity contribution in [2.45, 2.75) is 0 Å². The molecule has 0 aliphatic carbocycles. The summed E-state index contributed by atoms with van der Waals surface area (Å²) in [4.78, 5) is 3.96. The Hall–Kier alpha value is -2.69. The normalized spacial score (nSPS) is 10.4. The van der Waals surface area contributed by atoms with Gasteiger partial charge < -0.3 is 5.73 Å². The van der Waals surface area contributed by atoms with Crippen LogP contribution in [0.3, 0.4) is 0 Å². The first-order valence-corrected chi connectivity index (χ1v) is 5.53. The molecular weight excluding hydrogens is 226 g/mol. The fourth-order valence-electron chi connectivity index (χ4n) is 1.77. The van der Waals surface area contributed by atoms with Gasteiger partial charge in [-0.1, -0.05) is 35.5 Å². The summed E-state index contributed by atoms with van der Waals surface area (Å²) in [5.41, 5.74) is 8.57. The van der Waals surface area contributed by atoms with Crippen LogP contribution in [0.15, 0.2) is 54.9 Å². The lowest BCUT2D eigenvalue weighted by Gasteiger charge is -2.02. The van der Waals surface area contributed by atoms with Gasteiger partial charge in [-0.3, -0.25) is 4.98 Å². The van der Waals surface area contributed by atoms with Gasteiger partial charge in [-0.15, -0.1) is 5.10 Å². The molecule has 2 heterocycles. The Bertz CT molecular complexity index is 589. The monoisotopic (exact) mass is 237 g/mol. The maximum absolute atomic E-state index is 6.08. The minimum atomic E-state index is 0.521. The van der Waals surface area contributed by atoms with Crippen LogP contribution in [0.2, 0.25) is 0 Å². The van der Waals surface area contributed by atoms with Crippen LogP contribution in [0, 0.1) is 0 Å². The van der Waals surface area contributed by atoms with E-state index in [9.17, 15) is 0 Å². The minimum Gasteiger partial charge on any atom is -0.382 e. The van der Waals surface area contributed by atoms with Crippen LogP contribution in [0.25, 0.3) is 16.9 Å². The molecule has 88 valence electrons. The topological polar surface area (TPSA) is 69.6 Å². The van der Waals surface area contributed by atoms with Crippen LogP contribution in [-0.2, 0) is 0 Å². The minimum absolute atomic E-state index is 0.521. The van der Waals surface area contributed by atoms with Gasteiger partial charge in [-0.05, 0) is 12.1 Å². The molecule has 0 atom stereocenters. The predicted molar refractivity (Wildman–Crippen MR) is 69.0 cm³/mol. The summed E-state index contributed by atoms with van der Waals surface area (Å²) in [7, 11) is 0. The first-order chi connectivity index (χ1) is 8.86. The van der Waals surface area contributed by atoms with Gasteiger partial charge in [0.05, 0.1) is 5.69 Å². The summed E-state index contributed by atoms with van der Waals surface area (Å²) in [6.07, 6.45) is 3.39. The summed E-state index contributed by atoms with van der Waals surface area (Å²) < 4.78 is 1.60. The highest BCUT2D eigenvalue weighted by Crippen LogP contribution is 2.24. The third kappa shape index (κ3) is 1.71. The lowest BCUT2D eigenvalue weighted by atomic mass is 10.1. The quantitative estimate of drug-likeness (QED) is 0.739. The molecule has 0 saturated heterocycles. The Labute approximate surface area is 104 Å². The molecule has 0 aliphatic rings. The van der Waals surface area contributed by atoms with Crippen molar-refractivity contribution in [3.8, 4) is 16.9 Å². The van der Waals surface area contributed by atoms with Crippen LogP contribution in [-0.4, -0.2) is 20.0 Å². The van der Waals surface area contributed by atoms with Crippen LogP contribution in [0.5, 0.6) is 0 Å². The second kappa shape index (κ2) is 4.29. The molecular formula is C13H11N5. The van der Waals surface area contributed by atoms with Crippen molar-refractivity contribution in [1.82, 2.24) is 20.0 Å². The summed E-state index contributed by atoms with van der Waals surface area (Å²) in [6, 6.07) is 13.4. The van der Waals surface area contributed by atoms with Crippen molar-refractivity contribution in [1.29, 1.82) is 0 Å². The average molecular weight is 237 g/mol. The van der Waals surface area contributed by atoms with Gasteiger partial charge in [-0.2, -0.15) is 4.68 Å². The molecule has 0 fully saturated rings. The first kappa shape index (κ1) is 10.5. The molecule has 0 saturated carbocycles. The second-order valence-electron chi connectivity index (χ2n) is 3.81. The molecule has 0 amide bonds. The van der Waals surface area contributed by atoms with Crippen molar-refractivity contribution in [2.75, 3.05) is 5.73 Å². The van der Waals surface area contributed by atoms with Gasteiger partial charge in [0.1, 0.15) is 5.69 Å². The van der Waals surface area contributed by atoms with Gasteiger partial charge in [0.2, 0.25) is 0 Å². The van der Waals surface area contributed by atoms with Gasteiger partial charge in [0.25, 0.3) is 0 Å². The predicted octanol–water partition coefficient (Wildman–Crippen LogP) is 1.91. The van der Waals surface area contributed by atoms with E-state index in [-0.39, 0.29) is 0 Å². The van der Waals surface area contributed by atoms with Gasteiger partial charge >= 0.3 is 0 Å². The van der Waals surface area contributed by atoms with E-state index >= 15 is 0 Å². The van der Waals surface area contributed by atoms with Crippen LogP contribution >= 0.6 is 0 Å². The molecule has 5 heteroatoms. The number of hydrogen-bond acceptors (Lipinski definition) is 4. The van der Waals surface area contributed by atoms with E-state index in [1.165, 1.54) is 0 Å². The molecule has 1 aromatic carbocycles. The molecule has 0 unspecified atom stereocenters. The van der Waals surface area contributed by atoms with Gasteiger partial charge in [0, 0.05) is 18.0 Å². The number of rotatable bonds is 2. The summed E-state index contributed by atoms with van der Waals surface area (Å²) >= 11 is 0. The molecule has 0 radical (unpaired) electrons. The van der Waals surface area contributed by atoms with Crippen LogP contribution in [0.4, 0.5) is 5.82 Å². The van der Waals surface area contributed by atoms with E-state index in [2.05, 4.69) is 15.3 Å². The molecule has 3 aromatic rings. The Kier molecular flexibility index (Phi) is 2.49. The number of anilines is 1. The zero-order chi connectivity index (χ0) is 12.4. The van der Waals surface area contributed by atoms with Crippen molar-refractivity contribution in [3.05, 3.63) is 54.9 Å². The van der Waals surface area contributed by atoms with Crippen LogP contribution < -0.4 is 5.73 Å². The fraction of sp³-hybridized carbons (Fsp3) is 0. The number of nitrogen functional groups attached to an aromatic ring is 1. The van der Waals surface area contributed by atoms with Gasteiger partial charge in [-0.25, -0.2) is 0 Å². The molecule has 0 bridgehead atoms. The summed E-state index contributed by atoms with van der Waals surface area (Å²) in [5, 5.41) is 8.21. The number of benzene rings is 1. The number of hydrogen-bond donors (Lipinski definition) is 1. The number of aromatic nitrogens is 4. The highest BCUT2D eigenvalue weighted by molar-refractivity contribution is 5.70. The number of nitrogens with zero attached hydrogens (tertiary/aromatic N) is 4. The highest BCUT2D eigenvalue weighted by Gasteiger charge is 2.12. The molecule has 5 nitrogen and oxygen atoms in total. The average Bonchev–Trinajstić information content (AvgIpc) is 2.83. The SMILES string of the molecule is Nc1c(-c2ccccc2)nnn1-c1ccncc1. The Balaban J connectivity index is 2.09. The zero-order valence-corrected chi connectivity index (χ0v) is 9.56. The second-order valence-corrected chi connectivity index (χ2v) is 3.81. The fourth-order valence-corrected chi connectivity index (χ4v) is 1.77. The number of nitrogens with two attached hydrogens (primary N) is 1. The van der Waals surface area contributed by atoms with E-state index in [4.69, 9.17) is 5.73 Å². The lowest BCUT2D eigenvalue weighted by Crippen LogP contribution is -2.02. The third-order valence-electron chi connectivity index (χ3n) is 2.66. The molecule has 2 N–H and O–H groups in total. The summed E-state index contributed by atoms with van der Waals surface area (Å²) in [6.45, 7) is 0. The maximum Gasteiger partial charge on any atom is 0.155 e. The third-order valence-corrected chi connectivity index (χ3v) is 2.66. The first-order valence-electron chi connectivity index (χ1n) is 5.53. The Morgan fingerprint density at radius 2 is 1.67 bits per heavy atom. The largest absolute Gasteiger partial charge is 0.382 e. The van der Waals surface area contributed by atoms with Crippen LogP contribution in [0.1, 0.15) is 0 Å².